The van der Waals surface area contributed by atoms with E-state index in [0.29, 0.717) is 19.4 Å². The number of rotatable bonds is 13. The van der Waals surface area contributed by atoms with Crippen molar-refractivity contribution in [3.05, 3.63) is 30.6 Å². The number of fused-ring (bicyclic) bond motifs is 1. The zero-order valence-corrected chi connectivity index (χ0v) is 18.6. The predicted octanol–water partition coefficient (Wildman–Crippen LogP) is 1.91. The molecule has 2 aromatic rings. The highest BCUT2D eigenvalue weighted by atomic mass is 32.2. The largest absolute Gasteiger partial charge is 0.748 e. The van der Waals surface area contributed by atoms with Gasteiger partial charge in [-0.15, -0.1) is 0 Å². The van der Waals surface area contributed by atoms with Crippen LogP contribution < -0.4 is 4.57 Å². The number of nitrogens with zero attached hydrogens (tertiary/aromatic N) is 2. The second-order valence-corrected chi connectivity index (χ2v) is 11.3. The van der Waals surface area contributed by atoms with Gasteiger partial charge in [0.25, 0.3) is 0 Å². The van der Waals surface area contributed by atoms with Gasteiger partial charge in [0.1, 0.15) is 0 Å². The molecule has 0 bridgehead atoms. The van der Waals surface area contributed by atoms with Gasteiger partial charge in [-0.2, -0.15) is 0 Å². The summed E-state index contributed by atoms with van der Waals surface area (Å²) in [5, 5.41) is 0. The summed E-state index contributed by atoms with van der Waals surface area (Å²) < 4.78 is 53.0. The Kier molecular flexibility index (Phi) is 8.59. The second kappa shape index (κ2) is 10.5. The molecule has 0 aliphatic carbocycles. The molecular weight excluding hydrogens is 400 g/mol. The molecule has 0 saturated carbocycles. The molecule has 0 spiro atoms. The lowest BCUT2D eigenvalue weighted by molar-refractivity contribution is -0.672. The van der Waals surface area contributed by atoms with Crippen molar-refractivity contribution in [3.63, 3.8) is 0 Å². The van der Waals surface area contributed by atoms with Crippen LogP contribution in [-0.2, 0) is 36.5 Å². The van der Waals surface area contributed by atoms with Crippen LogP contribution in [0.4, 0.5) is 0 Å². The maximum absolute atomic E-state index is 10.8. The lowest BCUT2D eigenvalue weighted by Crippen LogP contribution is -2.42. The standard InChI is InChI=1S/C18H30N2O6SSi/c1-24-28(25-2,26-3)15-9-7-13-20-16-19(12-6-8-14-27(21,22)23)17-10-4-5-11-18(17)20/h4-5,10-11,16H,6-9,12-15H2,1-3H3. The molecule has 0 amide bonds. The van der Waals surface area contributed by atoms with Crippen molar-refractivity contribution in [2.24, 2.45) is 0 Å². The molecule has 1 aromatic carbocycles. The number of aryl methyl sites for hydroxylation is 2. The van der Waals surface area contributed by atoms with Gasteiger partial charge in [0, 0.05) is 33.1 Å². The third kappa shape index (κ3) is 6.36. The average molecular weight is 431 g/mol. The van der Waals surface area contributed by atoms with Crippen molar-refractivity contribution in [1.82, 2.24) is 4.57 Å². The minimum Gasteiger partial charge on any atom is -0.748 e. The number of unbranched alkanes of at least 4 members (excludes halogenated alkanes) is 2. The fraction of sp³-hybridized carbons (Fsp3) is 0.611. The summed E-state index contributed by atoms with van der Waals surface area (Å²) in [7, 11) is -1.80. The van der Waals surface area contributed by atoms with Gasteiger partial charge in [-0.25, -0.2) is 17.6 Å². The zero-order valence-electron chi connectivity index (χ0n) is 16.8. The van der Waals surface area contributed by atoms with Crippen LogP contribution in [0.25, 0.3) is 11.0 Å². The molecule has 28 heavy (non-hydrogen) atoms. The van der Waals surface area contributed by atoms with Gasteiger partial charge in [0.2, 0.25) is 6.33 Å². The Morgan fingerprint density at radius 2 is 1.71 bits per heavy atom. The number of hydrogen-bond donors (Lipinski definition) is 0. The Labute approximate surface area is 168 Å². The number of imidazole rings is 1. The number of para-hydroxylation sites is 2. The smallest absolute Gasteiger partial charge is 0.500 e. The Hall–Kier alpha value is -1.30. The van der Waals surface area contributed by atoms with E-state index < -0.39 is 18.9 Å². The van der Waals surface area contributed by atoms with Crippen LogP contribution in [0.2, 0.25) is 6.04 Å². The highest BCUT2D eigenvalue weighted by Crippen LogP contribution is 2.17. The highest BCUT2D eigenvalue weighted by molar-refractivity contribution is 7.85. The SMILES string of the molecule is CO[Si](CCCC[n+]1cn(CCCCS(=O)(=O)[O-])c2ccccc21)(OC)OC. The van der Waals surface area contributed by atoms with E-state index in [2.05, 4.69) is 27.6 Å². The normalized spacial score (nSPS) is 12.7. The molecule has 158 valence electrons. The minimum atomic E-state index is -4.14. The van der Waals surface area contributed by atoms with Gasteiger partial charge in [-0.3, -0.25) is 0 Å². The number of hydrogen-bond acceptors (Lipinski definition) is 6. The summed E-state index contributed by atoms with van der Waals surface area (Å²) >= 11 is 0. The van der Waals surface area contributed by atoms with E-state index >= 15 is 0 Å². The molecule has 1 heterocycles. The minimum absolute atomic E-state index is 0.309. The van der Waals surface area contributed by atoms with Crippen LogP contribution in [-0.4, -0.2) is 53.4 Å². The van der Waals surface area contributed by atoms with E-state index in [9.17, 15) is 13.0 Å². The fourth-order valence-corrected chi connectivity index (χ4v) is 5.69. The Balaban J connectivity index is 1.97. The van der Waals surface area contributed by atoms with Gasteiger partial charge < -0.3 is 17.8 Å². The molecule has 1 aromatic heterocycles. The molecule has 0 N–H and O–H groups in total. The van der Waals surface area contributed by atoms with Crippen molar-refractivity contribution in [2.45, 2.75) is 44.8 Å². The molecule has 0 fully saturated rings. The van der Waals surface area contributed by atoms with E-state index in [4.69, 9.17) is 13.3 Å². The first-order valence-electron chi connectivity index (χ1n) is 9.40. The first-order valence-corrected chi connectivity index (χ1v) is 12.9. The van der Waals surface area contributed by atoms with Gasteiger partial charge >= 0.3 is 8.80 Å². The van der Waals surface area contributed by atoms with Crippen LogP contribution >= 0.6 is 0 Å². The topological polar surface area (TPSA) is 93.7 Å². The molecule has 0 saturated heterocycles. The van der Waals surface area contributed by atoms with Gasteiger partial charge in [-0.1, -0.05) is 12.1 Å². The molecule has 0 aliphatic heterocycles. The van der Waals surface area contributed by atoms with E-state index in [1.165, 1.54) is 0 Å². The maximum Gasteiger partial charge on any atom is 0.500 e. The Morgan fingerprint density at radius 3 is 2.36 bits per heavy atom. The lowest BCUT2D eigenvalue weighted by atomic mass is 10.3. The average Bonchev–Trinajstić information content (AvgIpc) is 3.03. The molecule has 8 nitrogen and oxygen atoms in total. The lowest BCUT2D eigenvalue weighted by Gasteiger charge is -2.23. The van der Waals surface area contributed by atoms with Crippen molar-refractivity contribution in [2.75, 3.05) is 27.1 Å². The zero-order chi connectivity index (χ0) is 20.6. The molecule has 2 rings (SSSR count). The molecule has 10 heteroatoms. The summed E-state index contributed by atoms with van der Waals surface area (Å²) in [5.74, 6) is -0.309. The fourth-order valence-electron chi connectivity index (χ4n) is 3.34. The Morgan fingerprint density at radius 1 is 1.04 bits per heavy atom. The maximum atomic E-state index is 10.8. The quantitative estimate of drug-likeness (QED) is 0.209. The first kappa shape index (κ1) is 23.0. The third-order valence-electron chi connectivity index (χ3n) is 4.89. The summed E-state index contributed by atoms with van der Waals surface area (Å²) in [5.41, 5.74) is 2.23. The number of aromatic nitrogens is 2. The highest BCUT2D eigenvalue weighted by Gasteiger charge is 2.36. The summed E-state index contributed by atoms with van der Waals surface area (Å²) in [6.07, 6.45) is 4.96. The van der Waals surface area contributed by atoms with Crippen LogP contribution in [0.5, 0.6) is 0 Å². The molecule has 0 atom stereocenters. The van der Waals surface area contributed by atoms with Crippen molar-refractivity contribution in [1.29, 1.82) is 0 Å². The summed E-state index contributed by atoms with van der Waals surface area (Å²) in [4.78, 5) is 0. The van der Waals surface area contributed by atoms with Crippen LogP contribution in [0.3, 0.4) is 0 Å². The van der Waals surface area contributed by atoms with E-state index in [1.54, 1.807) is 21.3 Å². The molecule has 0 radical (unpaired) electrons. The summed E-state index contributed by atoms with van der Waals surface area (Å²) in [6, 6.07) is 8.88. The van der Waals surface area contributed by atoms with Gasteiger partial charge in [0.05, 0.1) is 23.2 Å². The van der Waals surface area contributed by atoms with Crippen LogP contribution in [0.15, 0.2) is 30.6 Å². The van der Waals surface area contributed by atoms with E-state index in [-0.39, 0.29) is 5.75 Å². The number of benzene rings is 1. The van der Waals surface area contributed by atoms with Crippen molar-refractivity contribution >= 4 is 30.0 Å². The van der Waals surface area contributed by atoms with Crippen LogP contribution in [0, 0.1) is 0 Å². The second-order valence-electron chi connectivity index (χ2n) is 6.71. The third-order valence-corrected chi connectivity index (χ3v) is 8.51. The van der Waals surface area contributed by atoms with E-state index in [0.717, 1.165) is 36.5 Å². The predicted molar refractivity (Wildman–Crippen MR) is 107 cm³/mol. The van der Waals surface area contributed by atoms with Gasteiger partial charge in [0.15, 0.2) is 11.0 Å². The molecule has 0 unspecified atom stereocenters. The molecule has 0 aliphatic rings. The van der Waals surface area contributed by atoms with Crippen molar-refractivity contribution < 1.29 is 30.8 Å². The van der Waals surface area contributed by atoms with Crippen LogP contribution in [0.1, 0.15) is 25.7 Å². The van der Waals surface area contributed by atoms with Gasteiger partial charge in [-0.05, 0) is 37.8 Å². The summed E-state index contributed by atoms with van der Waals surface area (Å²) in [6.45, 7) is 1.53. The van der Waals surface area contributed by atoms with Crippen molar-refractivity contribution in [3.8, 4) is 0 Å². The first-order chi connectivity index (χ1) is 13.3. The monoisotopic (exact) mass is 430 g/mol. The van der Waals surface area contributed by atoms with E-state index in [1.807, 2.05) is 12.1 Å². The Bertz CT molecular complexity index is 843. The molecular formula is C18H30N2O6SSi.